The molecular weight excluding hydrogens is 825 g/mol. The molecule has 338 valence electrons. The van der Waals surface area contributed by atoms with Gasteiger partial charge in [-0.1, -0.05) is 87.1 Å². The SMILES string of the molecule is COC(=O)c1ccc2c(C3CCCCC3)c3n(c2c1)CCCn1c(C=O)cc2cccc-3c21.COC(=O)c1ccc2c(C3CCCCC3)c3n(c2c1)CCCn1c(CO)cc2cccc-3c21. The Hall–Kier alpha value is -6.39. The second-order valence-corrected chi connectivity index (χ2v) is 18.9. The monoisotopic (exact) mass is 882 g/mol. The van der Waals surface area contributed by atoms with Crippen molar-refractivity contribution in [1.82, 2.24) is 18.3 Å². The molecule has 4 aromatic carbocycles. The van der Waals surface area contributed by atoms with Gasteiger partial charge in [-0.2, -0.15) is 0 Å². The highest BCUT2D eigenvalue weighted by Gasteiger charge is 2.32. The summed E-state index contributed by atoms with van der Waals surface area (Å²) in [6.07, 6.45) is 15.4. The summed E-state index contributed by atoms with van der Waals surface area (Å²) < 4.78 is 19.4. The summed E-state index contributed by atoms with van der Waals surface area (Å²) in [7, 11) is 2.87. The molecule has 0 saturated heterocycles. The van der Waals surface area contributed by atoms with E-state index in [0.717, 1.165) is 78.6 Å². The fraction of sp³-hybridized carbons (Fsp3) is 0.375. The van der Waals surface area contributed by atoms with E-state index in [2.05, 4.69) is 72.9 Å². The summed E-state index contributed by atoms with van der Waals surface area (Å²) in [4.78, 5) is 36.5. The van der Waals surface area contributed by atoms with E-state index in [1.807, 2.05) is 30.3 Å². The van der Waals surface area contributed by atoms with Crippen molar-refractivity contribution in [2.75, 3.05) is 14.2 Å². The van der Waals surface area contributed by atoms with Gasteiger partial charge in [-0.3, -0.25) is 4.79 Å². The maximum Gasteiger partial charge on any atom is 0.337 e. The number of aromatic nitrogens is 4. The van der Waals surface area contributed by atoms with Crippen LogP contribution in [0.3, 0.4) is 0 Å². The number of aldehydes is 1. The van der Waals surface area contributed by atoms with Gasteiger partial charge in [0.1, 0.15) is 0 Å². The Kier molecular flexibility index (Phi) is 11.2. The fourth-order valence-corrected chi connectivity index (χ4v) is 12.5. The number of carbonyl (C=O) groups is 3. The number of aliphatic hydroxyl groups excluding tert-OH is 1. The second kappa shape index (κ2) is 17.4. The summed E-state index contributed by atoms with van der Waals surface area (Å²) in [6.45, 7) is 3.43. The molecule has 0 atom stereocenters. The third-order valence-corrected chi connectivity index (χ3v) is 15.4. The van der Waals surface area contributed by atoms with Crippen molar-refractivity contribution in [2.45, 2.75) is 122 Å². The number of hydrogen-bond acceptors (Lipinski definition) is 6. The summed E-state index contributed by atoms with van der Waals surface area (Å²) >= 11 is 0. The van der Waals surface area contributed by atoms with Gasteiger partial charge in [0, 0.05) is 75.6 Å². The molecule has 0 spiro atoms. The molecule has 1 N–H and O–H groups in total. The molecule has 12 rings (SSSR count). The van der Waals surface area contributed by atoms with Gasteiger partial charge in [0.15, 0.2) is 6.29 Å². The largest absolute Gasteiger partial charge is 0.465 e. The minimum Gasteiger partial charge on any atom is -0.465 e. The van der Waals surface area contributed by atoms with Gasteiger partial charge < -0.3 is 32.8 Å². The Morgan fingerprint density at radius 1 is 0.576 bits per heavy atom. The number of methoxy groups -OCH3 is 2. The van der Waals surface area contributed by atoms with Gasteiger partial charge >= 0.3 is 11.9 Å². The number of esters is 2. The fourth-order valence-electron chi connectivity index (χ4n) is 12.5. The lowest BCUT2D eigenvalue weighted by Gasteiger charge is -2.25. The van der Waals surface area contributed by atoms with Gasteiger partial charge in [0.05, 0.1) is 60.1 Å². The van der Waals surface area contributed by atoms with E-state index in [0.29, 0.717) is 23.0 Å². The number of aliphatic hydroxyl groups is 1. The van der Waals surface area contributed by atoms with Crippen molar-refractivity contribution >= 4 is 61.8 Å². The Balaban J connectivity index is 0.000000146. The number of benzene rings is 4. The highest BCUT2D eigenvalue weighted by molar-refractivity contribution is 6.05. The highest BCUT2D eigenvalue weighted by Crippen LogP contribution is 2.49. The van der Waals surface area contributed by atoms with Crippen LogP contribution >= 0.6 is 0 Å². The number of para-hydroxylation sites is 2. The number of carbonyl (C=O) groups excluding carboxylic acids is 3. The Bertz CT molecular complexity index is 3200. The third-order valence-electron chi connectivity index (χ3n) is 15.4. The first-order valence-corrected chi connectivity index (χ1v) is 24.2. The van der Waals surface area contributed by atoms with Gasteiger partial charge in [0.25, 0.3) is 0 Å². The first-order valence-electron chi connectivity index (χ1n) is 24.2. The molecule has 2 fully saturated rings. The van der Waals surface area contributed by atoms with E-state index in [1.54, 1.807) is 0 Å². The lowest BCUT2D eigenvalue weighted by Crippen LogP contribution is -2.13. The van der Waals surface area contributed by atoms with Crippen LogP contribution in [0.15, 0.2) is 84.9 Å². The molecule has 6 heterocycles. The zero-order valence-corrected chi connectivity index (χ0v) is 38.1. The molecule has 2 aliphatic carbocycles. The van der Waals surface area contributed by atoms with Crippen molar-refractivity contribution in [2.24, 2.45) is 0 Å². The van der Waals surface area contributed by atoms with Crippen LogP contribution < -0.4 is 0 Å². The average Bonchev–Trinajstić information content (AvgIpc) is 4.10. The maximum atomic E-state index is 12.4. The van der Waals surface area contributed by atoms with E-state index < -0.39 is 0 Å². The normalized spacial score (nSPS) is 16.5. The lowest BCUT2D eigenvalue weighted by molar-refractivity contribution is 0.0592. The van der Waals surface area contributed by atoms with Crippen LogP contribution in [0, 0.1) is 0 Å². The summed E-state index contributed by atoms with van der Waals surface area (Å²) in [6, 6.07) is 29.2. The van der Waals surface area contributed by atoms with E-state index in [-0.39, 0.29) is 18.5 Å². The zero-order valence-electron chi connectivity index (χ0n) is 38.1. The molecule has 4 aromatic heterocycles. The topological polar surface area (TPSA) is 110 Å². The van der Waals surface area contributed by atoms with Gasteiger partial charge in [0.2, 0.25) is 0 Å². The molecule has 66 heavy (non-hydrogen) atoms. The molecule has 2 saturated carbocycles. The van der Waals surface area contributed by atoms with Crippen molar-refractivity contribution in [3.63, 3.8) is 0 Å². The van der Waals surface area contributed by atoms with Crippen LogP contribution in [0.4, 0.5) is 0 Å². The highest BCUT2D eigenvalue weighted by atomic mass is 16.5. The molecule has 0 unspecified atom stereocenters. The summed E-state index contributed by atoms with van der Waals surface area (Å²) in [5.74, 6) is 0.437. The number of aryl methyl sites for hydroxylation is 4. The Morgan fingerprint density at radius 3 is 1.53 bits per heavy atom. The van der Waals surface area contributed by atoms with Gasteiger partial charge in [-0.15, -0.1) is 0 Å². The standard InChI is InChI=1S/C28H30N2O3.C28H28N2O3/c2*1-33-28(32)20-11-12-22-24(16-20)30-14-6-13-29-21(17-31)15-19-9-5-10-23(26(19)29)27(30)25(22)18-7-3-2-4-8-18/h5,9-12,15-16,18,31H,2-4,6-8,13-14,17H2,1H3;5,9-12,15-18H,2-4,6-8,13-14H2,1H3. The quantitative estimate of drug-likeness (QED) is 0.132. The Morgan fingerprint density at radius 2 is 1.05 bits per heavy atom. The summed E-state index contributed by atoms with van der Waals surface area (Å²) in [5.41, 5.74) is 15.4. The van der Waals surface area contributed by atoms with Crippen molar-refractivity contribution < 1.29 is 29.0 Å². The van der Waals surface area contributed by atoms with Crippen molar-refractivity contribution in [1.29, 1.82) is 0 Å². The van der Waals surface area contributed by atoms with Crippen molar-refractivity contribution in [3.05, 3.63) is 119 Å². The predicted molar refractivity (Wildman–Crippen MR) is 261 cm³/mol. The van der Waals surface area contributed by atoms with E-state index >= 15 is 0 Å². The van der Waals surface area contributed by atoms with Crippen LogP contribution in [0.2, 0.25) is 0 Å². The average molecular weight is 883 g/mol. The molecule has 8 aromatic rings. The predicted octanol–water partition coefficient (Wildman–Crippen LogP) is 12.3. The van der Waals surface area contributed by atoms with E-state index in [9.17, 15) is 19.5 Å². The molecule has 0 radical (unpaired) electrons. The van der Waals surface area contributed by atoms with E-state index in [4.69, 9.17) is 9.47 Å². The zero-order chi connectivity index (χ0) is 45.1. The van der Waals surface area contributed by atoms with Gasteiger partial charge in [-0.05, 0) is 97.9 Å². The number of hydrogen-bond donors (Lipinski definition) is 1. The molecule has 0 bridgehead atoms. The van der Waals surface area contributed by atoms with Crippen LogP contribution in [0.25, 0.3) is 66.1 Å². The smallest absolute Gasteiger partial charge is 0.337 e. The Labute approximate surface area is 384 Å². The number of ether oxygens (including phenoxy) is 2. The molecule has 0 amide bonds. The molecular formula is C56H58N4O6. The maximum absolute atomic E-state index is 12.4. The molecule has 10 nitrogen and oxygen atoms in total. The third kappa shape index (κ3) is 6.90. The van der Waals surface area contributed by atoms with Gasteiger partial charge in [-0.25, -0.2) is 9.59 Å². The number of nitrogens with zero attached hydrogens (tertiary/aromatic N) is 4. The number of fused-ring (bicyclic) bond motifs is 8. The van der Waals surface area contributed by atoms with Crippen LogP contribution in [-0.2, 0) is 42.3 Å². The summed E-state index contributed by atoms with van der Waals surface area (Å²) in [5, 5.41) is 14.8. The molecule has 10 heteroatoms. The lowest BCUT2D eigenvalue weighted by atomic mass is 9.81. The minimum absolute atomic E-state index is 0.0507. The number of rotatable bonds is 6. The molecule has 4 aliphatic rings. The van der Waals surface area contributed by atoms with Crippen LogP contribution in [0.1, 0.15) is 137 Å². The molecule has 2 aliphatic heterocycles. The van der Waals surface area contributed by atoms with Crippen LogP contribution in [-0.4, -0.2) is 55.8 Å². The first-order chi connectivity index (χ1) is 32.4. The van der Waals surface area contributed by atoms with E-state index in [1.165, 1.54) is 134 Å². The van der Waals surface area contributed by atoms with Crippen LogP contribution in [0.5, 0.6) is 0 Å². The first kappa shape index (κ1) is 42.3. The second-order valence-electron chi connectivity index (χ2n) is 18.9. The minimum atomic E-state index is -0.302. The van der Waals surface area contributed by atoms with Crippen molar-refractivity contribution in [3.8, 4) is 22.5 Å².